The van der Waals surface area contributed by atoms with Gasteiger partial charge in [-0.15, -0.1) is 11.3 Å². The highest BCUT2D eigenvalue weighted by Gasteiger charge is 2.11. The average Bonchev–Trinajstić information content (AvgIpc) is 2.98. The van der Waals surface area contributed by atoms with Crippen LogP contribution in [0.25, 0.3) is 11.3 Å². The molecule has 116 valence electrons. The maximum absolute atomic E-state index is 13.5. The van der Waals surface area contributed by atoms with Crippen LogP contribution in [0.3, 0.4) is 0 Å². The molecule has 3 rings (SSSR count). The van der Waals surface area contributed by atoms with Crippen LogP contribution >= 0.6 is 11.3 Å². The summed E-state index contributed by atoms with van der Waals surface area (Å²) in [5.41, 5.74) is 1.43. The van der Waals surface area contributed by atoms with E-state index in [1.165, 1.54) is 29.7 Å². The van der Waals surface area contributed by atoms with Crippen LogP contribution in [0.4, 0.5) is 13.9 Å². The number of amides is 1. The van der Waals surface area contributed by atoms with Crippen molar-refractivity contribution >= 4 is 22.4 Å². The van der Waals surface area contributed by atoms with Gasteiger partial charge in [0.2, 0.25) is 11.9 Å². The first kappa shape index (κ1) is 15.2. The van der Waals surface area contributed by atoms with Crippen molar-refractivity contribution in [3.8, 4) is 11.3 Å². The van der Waals surface area contributed by atoms with Crippen LogP contribution in [0.2, 0.25) is 0 Å². The number of aromatic nitrogens is 2. The Hall–Kier alpha value is -2.67. The number of carbonyl (C=O) groups is 1. The quantitative estimate of drug-likeness (QED) is 0.742. The zero-order valence-electron chi connectivity index (χ0n) is 11.8. The van der Waals surface area contributed by atoms with E-state index < -0.39 is 11.8 Å². The first-order chi connectivity index (χ1) is 11.1. The van der Waals surface area contributed by atoms with Gasteiger partial charge in [-0.25, -0.2) is 14.4 Å². The lowest BCUT2D eigenvalue weighted by molar-refractivity contribution is -0.115. The fourth-order valence-electron chi connectivity index (χ4n) is 2.00. The molecular formula is C16H11F2N3OS. The summed E-state index contributed by atoms with van der Waals surface area (Å²) >= 11 is 1.21. The number of hydrogen-bond acceptors (Lipinski definition) is 4. The minimum Gasteiger partial charge on any atom is -0.302 e. The monoisotopic (exact) mass is 331 g/mol. The van der Waals surface area contributed by atoms with Gasteiger partial charge in [0.15, 0.2) is 5.13 Å². The summed E-state index contributed by atoms with van der Waals surface area (Å²) in [6, 6.07) is 9.00. The molecule has 0 saturated heterocycles. The van der Waals surface area contributed by atoms with Crippen LogP contribution in [0.15, 0.2) is 48.0 Å². The van der Waals surface area contributed by atoms with E-state index in [-0.39, 0.29) is 12.3 Å². The van der Waals surface area contributed by atoms with E-state index in [1.54, 1.807) is 29.6 Å². The summed E-state index contributed by atoms with van der Waals surface area (Å²) < 4.78 is 26.6. The third-order valence-corrected chi connectivity index (χ3v) is 3.84. The predicted octanol–water partition coefficient (Wildman–Crippen LogP) is 3.66. The molecule has 0 saturated carbocycles. The van der Waals surface area contributed by atoms with E-state index in [0.717, 1.165) is 0 Å². The predicted molar refractivity (Wildman–Crippen MR) is 84.0 cm³/mol. The van der Waals surface area contributed by atoms with E-state index in [2.05, 4.69) is 15.3 Å². The molecule has 0 fully saturated rings. The minimum atomic E-state index is -0.597. The molecule has 0 aliphatic rings. The second kappa shape index (κ2) is 6.62. The minimum absolute atomic E-state index is 0.0779. The summed E-state index contributed by atoms with van der Waals surface area (Å²) in [7, 11) is 0. The van der Waals surface area contributed by atoms with E-state index in [1.807, 2.05) is 0 Å². The lowest BCUT2D eigenvalue weighted by Crippen LogP contribution is -2.15. The van der Waals surface area contributed by atoms with Crippen molar-refractivity contribution in [3.63, 3.8) is 0 Å². The van der Waals surface area contributed by atoms with Crippen LogP contribution in [0.1, 0.15) is 5.56 Å². The Morgan fingerprint density at radius 3 is 2.83 bits per heavy atom. The fraction of sp³-hybridized carbons (Fsp3) is 0.0625. The van der Waals surface area contributed by atoms with Gasteiger partial charge in [0.05, 0.1) is 12.1 Å². The molecule has 0 spiro atoms. The van der Waals surface area contributed by atoms with Gasteiger partial charge in [-0.1, -0.05) is 18.2 Å². The number of anilines is 1. The van der Waals surface area contributed by atoms with Crippen LogP contribution in [0, 0.1) is 11.8 Å². The fourth-order valence-corrected chi connectivity index (χ4v) is 2.74. The Morgan fingerprint density at radius 1 is 1.22 bits per heavy atom. The number of thiazole rings is 1. The Labute approximate surface area is 134 Å². The van der Waals surface area contributed by atoms with Gasteiger partial charge in [0.25, 0.3) is 0 Å². The van der Waals surface area contributed by atoms with Gasteiger partial charge in [-0.05, 0) is 17.7 Å². The number of nitrogens with zero attached hydrogens (tertiary/aromatic N) is 2. The van der Waals surface area contributed by atoms with Crippen molar-refractivity contribution in [2.45, 2.75) is 6.42 Å². The van der Waals surface area contributed by atoms with E-state index in [4.69, 9.17) is 0 Å². The highest BCUT2D eigenvalue weighted by molar-refractivity contribution is 7.14. The third-order valence-electron chi connectivity index (χ3n) is 3.08. The topological polar surface area (TPSA) is 54.9 Å². The van der Waals surface area contributed by atoms with Gasteiger partial charge >= 0.3 is 0 Å². The summed E-state index contributed by atoms with van der Waals surface area (Å²) in [6.45, 7) is 0. The summed E-state index contributed by atoms with van der Waals surface area (Å²) in [5, 5.41) is 4.69. The molecule has 1 aromatic carbocycles. The number of carbonyl (C=O) groups excluding carboxylic acids is 1. The molecule has 0 aliphatic carbocycles. The van der Waals surface area contributed by atoms with Crippen molar-refractivity contribution in [1.29, 1.82) is 0 Å². The zero-order valence-corrected chi connectivity index (χ0v) is 12.6. The van der Waals surface area contributed by atoms with Crippen molar-refractivity contribution in [2.75, 3.05) is 5.32 Å². The largest absolute Gasteiger partial charge is 0.302 e. The number of rotatable bonds is 4. The molecule has 3 aromatic rings. The van der Waals surface area contributed by atoms with Gasteiger partial charge in [-0.3, -0.25) is 4.79 Å². The molecule has 4 nitrogen and oxygen atoms in total. The molecule has 0 unspecified atom stereocenters. The maximum Gasteiger partial charge on any atom is 0.230 e. The molecule has 1 N–H and O–H groups in total. The molecule has 23 heavy (non-hydrogen) atoms. The molecule has 2 aromatic heterocycles. The Kier molecular flexibility index (Phi) is 4.38. The third kappa shape index (κ3) is 3.75. The summed E-state index contributed by atoms with van der Waals surface area (Å²) in [4.78, 5) is 19.7. The van der Waals surface area contributed by atoms with Crippen molar-refractivity contribution in [1.82, 2.24) is 9.97 Å². The molecule has 2 heterocycles. The standard InChI is InChI=1S/C16H11F2N3OS/c17-12-4-2-1-3-10(12)8-15(22)21-16-20-13(9-23-16)11-5-6-19-14(18)7-11/h1-7,9H,8H2,(H,20,21,22). The first-order valence-corrected chi connectivity index (χ1v) is 7.60. The lowest BCUT2D eigenvalue weighted by Gasteiger charge is -2.03. The van der Waals surface area contributed by atoms with E-state index in [0.29, 0.717) is 22.0 Å². The highest BCUT2D eigenvalue weighted by atomic mass is 32.1. The van der Waals surface area contributed by atoms with Crippen LogP contribution in [-0.2, 0) is 11.2 Å². The Bertz CT molecular complexity index is 851. The number of nitrogens with one attached hydrogen (secondary N) is 1. The van der Waals surface area contributed by atoms with Gasteiger partial charge in [0, 0.05) is 23.2 Å². The number of pyridine rings is 1. The Balaban J connectivity index is 1.69. The molecule has 0 atom stereocenters. The SMILES string of the molecule is O=C(Cc1ccccc1F)Nc1nc(-c2ccnc(F)c2)cs1. The highest BCUT2D eigenvalue weighted by Crippen LogP contribution is 2.25. The molecule has 0 aliphatic heterocycles. The average molecular weight is 331 g/mol. The molecule has 0 bridgehead atoms. The zero-order chi connectivity index (χ0) is 16.2. The van der Waals surface area contributed by atoms with Gasteiger partial charge < -0.3 is 5.32 Å². The van der Waals surface area contributed by atoms with Gasteiger partial charge in [0.1, 0.15) is 5.82 Å². The summed E-state index contributed by atoms with van der Waals surface area (Å²) in [5.74, 6) is -1.38. The lowest BCUT2D eigenvalue weighted by atomic mass is 10.1. The van der Waals surface area contributed by atoms with Crippen LogP contribution in [0.5, 0.6) is 0 Å². The molecular weight excluding hydrogens is 320 g/mol. The second-order valence-corrected chi connectivity index (χ2v) is 5.58. The molecule has 0 radical (unpaired) electrons. The first-order valence-electron chi connectivity index (χ1n) is 6.72. The maximum atomic E-state index is 13.5. The number of hydrogen-bond donors (Lipinski definition) is 1. The summed E-state index contributed by atoms with van der Waals surface area (Å²) in [6.07, 6.45) is 1.27. The van der Waals surface area contributed by atoms with E-state index in [9.17, 15) is 13.6 Å². The second-order valence-electron chi connectivity index (χ2n) is 4.72. The van der Waals surface area contributed by atoms with Crippen LogP contribution < -0.4 is 5.32 Å². The van der Waals surface area contributed by atoms with Crippen molar-refractivity contribution < 1.29 is 13.6 Å². The molecule has 1 amide bonds. The van der Waals surface area contributed by atoms with Crippen LogP contribution in [-0.4, -0.2) is 15.9 Å². The number of benzene rings is 1. The normalized spacial score (nSPS) is 10.5. The van der Waals surface area contributed by atoms with Crippen molar-refractivity contribution in [2.24, 2.45) is 0 Å². The smallest absolute Gasteiger partial charge is 0.230 e. The Morgan fingerprint density at radius 2 is 2.04 bits per heavy atom. The van der Waals surface area contributed by atoms with Gasteiger partial charge in [-0.2, -0.15) is 4.39 Å². The van der Waals surface area contributed by atoms with Crippen molar-refractivity contribution in [3.05, 3.63) is 65.3 Å². The van der Waals surface area contributed by atoms with E-state index >= 15 is 0 Å². The molecule has 7 heteroatoms. The number of halogens is 2.